The van der Waals surface area contributed by atoms with Gasteiger partial charge in [-0.2, -0.15) is 15.0 Å². The number of anilines is 3. The average Bonchev–Trinajstić information content (AvgIpc) is 2.72. The molecule has 0 aliphatic rings. The van der Waals surface area contributed by atoms with Crippen LogP contribution in [-0.2, 0) is 11.3 Å². The van der Waals surface area contributed by atoms with Crippen molar-refractivity contribution >= 4 is 34.5 Å². The molecule has 144 valence electrons. The Morgan fingerprint density at radius 1 is 1.03 bits per heavy atom. The molecule has 0 fully saturated rings. The highest BCUT2D eigenvalue weighted by atomic mass is 16.5. The van der Waals surface area contributed by atoms with Gasteiger partial charge in [-0.3, -0.25) is 4.79 Å². The maximum atomic E-state index is 12.3. The van der Waals surface area contributed by atoms with E-state index in [0.29, 0.717) is 11.0 Å². The van der Waals surface area contributed by atoms with Gasteiger partial charge in [-0.25, -0.2) is 4.79 Å². The van der Waals surface area contributed by atoms with Gasteiger partial charge in [0.2, 0.25) is 17.7 Å². The molecule has 2 aromatic heterocycles. The van der Waals surface area contributed by atoms with Crippen molar-refractivity contribution in [3.05, 3.63) is 82.5 Å². The van der Waals surface area contributed by atoms with Crippen molar-refractivity contribution in [1.29, 1.82) is 0 Å². The first-order valence-electron chi connectivity index (χ1n) is 8.61. The van der Waals surface area contributed by atoms with E-state index in [9.17, 15) is 9.59 Å². The fourth-order valence-electron chi connectivity index (χ4n) is 2.61. The Hall–Kier alpha value is -4.27. The largest absolute Gasteiger partial charge is 0.452 e. The van der Waals surface area contributed by atoms with E-state index in [-0.39, 0.29) is 35.5 Å². The van der Waals surface area contributed by atoms with Crippen LogP contribution in [0.25, 0.3) is 11.0 Å². The molecule has 0 bridgehead atoms. The molecule has 4 aromatic rings. The Kier molecular flexibility index (Phi) is 4.85. The molecule has 3 N–H and O–H groups in total. The van der Waals surface area contributed by atoms with Crippen molar-refractivity contribution in [2.75, 3.05) is 11.1 Å². The van der Waals surface area contributed by atoms with E-state index in [4.69, 9.17) is 14.9 Å². The van der Waals surface area contributed by atoms with Crippen LogP contribution in [0.4, 0.5) is 17.6 Å². The molecular weight excluding hydrogens is 374 g/mol. The van der Waals surface area contributed by atoms with Crippen LogP contribution in [0, 0.1) is 0 Å². The molecule has 0 unspecified atom stereocenters. The number of nitrogens with one attached hydrogen (secondary N) is 1. The molecule has 0 amide bonds. The molecule has 0 radical (unpaired) electrons. The van der Waals surface area contributed by atoms with Crippen molar-refractivity contribution < 1.29 is 13.9 Å². The summed E-state index contributed by atoms with van der Waals surface area (Å²) in [6.07, 6.45) is 0. The van der Waals surface area contributed by atoms with Gasteiger partial charge in [0.15, 0.2) is 17.9 Å². The lowest BCUT2D eigenvalue weighted by Gasteiger charge is -2.08. The molecule has 29 heavy (non-hydrogen) atoms. The fraction of sp³-hybridized carbons (Fsp3) is 0.0500. The molecular formula is C20H15N5O4. The van der Waals surface area contributed by atoms with Crippen molar-refractivity contribution in [3.63, 3.8) is 0 Å². The summed E-state index contributed by atoms with van der Waals surface area (Å²) >= 11 is 0. The summed E-state index contributed by atoms with van der Waals surface area (Å²) in [5.74, 6) is -0.691. The van der Waals surface area contributed by atoms with Crippen LogP contribution >= 0.6 is 0 Å². The Morgan fingerprint density at radius 3 is 2.62 bits per heavy atom. The molecule has 2 aromatic carbocycles. The van der Waals surface area contributed by atoms with E-state index in [0.717, 1.165) is 11.8 Å². The molecule has 0 spiro atoms. The van der Waals surface area contributed by atoms with Gasteiger partial charge in [0.25, 0.3) is 0 Å². The average molecular weight is 389 g/mol. The topological polar surface area (TPSA) is 133 Å². The molecule has 2 heterocycles. The van der Waals surface area contributed by atoms with Crippen LogP contribution in [-0.4, -0.2) is 20.9 Å². The van der Waals surface area contributed by atoms with Crippen molar-refractivity contribution in [2.45, 2.75) is 6.61 Å². The number of ether oxygens (including phenoxy) is 1. The summed E-state index contributed by atoms with van der Waals surface area (Å²) < 4.78 is 10.6. The lowest BCUT2D eigenvalue weighted by atomic mass is 10.2. The second-order valence-electron chi connectivity index (χ2n) is 5.97. The number of aromatic nitrogens is 3. The van der Waals surface area contributed by atoms with Gasteiger partial charge in [0.1, 0.15) is 5.58 Å². The maximum Gasteiger partial charge on any atom is 0.374 e. The predicted octanol–water partition coefficient (Wildman–Crippen LogP) is 2.66. The molecule has 4 rings (SSSR count). The van der Waals surface area contributed by atoms with Crippen LogP contribution in [0.1, 0.15) is 16.4 Å². The van der Waals surface area contributed by atoms with Crippen LogP contribution < -0.4 is 16.5 Å². The molecule has 0 saturated heterocycles. The monoisotopic (exact) mass is 389 g/mol. The number of nitrogens with zero attached hydrogens (tertiary/aromatic N) is 3. The molecule has 0 saturated carbocycles. The van der Waals surface area contributed by atoms with Gasteiger partial charge < -0.3 is 20.2 Å². The molecule has 0 atom stereocenters. The second-order valence-corrected chi connectivity index (χ2v) is 5.97. The molecule has 0 aliphatic carbocycles. The van der Waals surface area contributed by atoms with Crippen LogP contribution in [0.3, 0.4) is 0 Å². The van der Waals surface area contributed by atoms with Gasteiger partial charge >= 0.3 is 5.97 Å². The third kappa shape index (κ3) is 4.19. The van der Waals surface area contributed by atoms with E-state index < -0.39 is 5.97 Å². The summed E-state index contributed by atoms with van der Waals surface area (Å²) in [7, 11) is 0. The lowest BCUT2D eigenvalue weighted by molar-refractivity contribution is 0.0426. The van der Waals surface area contributed by atoms with Gasteiger partial charge in [0.05, 0.1) is 5.39 Å². The normalized spacial score (nSPS) is 10.6. The van der Waals surface area contributed by atoms with Gasteiger partial charge in [0, 0.05) is 11.8 Å². The van der Waals surface area contributed by atoms with Crippen LogP contribution in [0.5, 0.6) is 0 Å². The summed E-state index contributed by atoms with van der Waals surface area (Å²) in [5.41, 5.74) is 6.43. The van der Waals surface area contributed by atoms with Gasteiger partial charge in [-0.15, -0.1) is 0 Å². The Balaban J connectivity index is 1.50. The third-order valence-corrected chi connectivity index (χ3v) is 3.90. The van der Waals surface area contributed by atoms with Crippen molar-refractivity contribution in [3.8, 4) is 0 Å². The minimum atomic E-state index is -0.815. The van der Waals surface area contributed by atoms with Gasteiger partial charge in [-0.1, -0.05) is 30.3 Å². The smallest absolute Gasteiger partial charge is 0.374 e. The quantitative estimate of drug-likeness (QED) is 0.494. The number of hydrogen-bond donors (Lipinski definition) is 2. The zero-order chi connectivity index (χ0) is 20.2. The zero-order valence-electron chi connectivity index (χ0n) is 15.0. The first kappa shape index (κ1) is 18.1. The number of para-hydroxylation sites is 2. The maximum absolute atomic E-state index is 12.3. The summed E-state index contributed by atoms with van der Waals surface area (Å²) in [6, 6.07) is 17.0. The predicted molar refractivity (Wildman–Crippen MR) is 106 cm³/mol. The number of esters is 1. The standard InChI is InChI=1S/C20H15N5O4/c21-19-23-17(24-20(25-19)22-12-6-2-1-3-7-12)11-28-18(27)16-10-14(26)13-8-4-5-9-15(13)29-16/h1-10H,11H2,(H3,21,22,23,24,25). The second kappa shape index (κ2) is 7.77. The number of nitrogens with two attached hydrogens (primary N) is 1. The first-order valence-corrected chi connectivity index (χ1v) is 8.61. The number of rotatable bonds is 5. The molecule has 9 nitrogen and oxygen atoms in total. The SMILES string of the molecule is Nc1nc(COC(=O)c2cc(=O)c3ccccc3o2)nc(Nc2ccccc2)n1. The molecule has 9 heteroatoms. The number of nitrogen functional groups attached to an aromatic ring is 1. The number of carbonyl (C=O) groups excluding carboxylic acids is 1. The van der Waals surface area contributed by atoms with E-state index in [1.807, 2.05) is 30.3 Å². The van der Waals surface area contributed by atoms with E-state index in [1.165, 1.54) is 0 Å². The highest BCUT2D eigenvalue weighted by Crippen LogP contribution is 2.15. The highest BCUT2D eigenvalue weighted by molar-refractivity contribution is 5.88. The summed E-state index contributed by atoms with van der Waals surface area (Å²) in [5, 5.41) is 3.37. The minimum Gasteiger partial charge on any atom is -0.452 e. The number of hydrogen-bond acceptors (Lipinski definition) is 9. The zero-order valence-corrected chi connectivity index (χ0v) is 15.0. The first-order chi connectivity index (χ1) is 14.1. The van der Waals surface area contributed by atoms with Crippen molar-refractivity contribution in [2.24, 2.45) is 0 Å². The minimum absolute atomic E-state index is 0.0262. The van der Waals surface area contributed by atoms with Crippen molar-refractivity contribution in [1.82, 2.24) is 15.0 Å². The van der Waals surface area contributed by atoms with E-state index in [1.54, 1.807) is 24.3 Å². The highest BCUT2D eigenvalue weighted by Gasteiger charge is 2.15. The third-order valence-electron chi connectivity index (χ3n) is 3.90. The number of benzene rings is 2. The van der Waals surface area contributed by atoms with E-state index >= 15 is 0 Å². The summed E-state index contributed by atoms with van der Waals surface area (Å²) in [4.78, 5) is 36.6. The Morgan fingerprint density at radius 2 is 1.79 bits per heavy atom. The Bertz CT molecular complexity index is 1240. The van der Waals surface area contributed by atoms with Crippen LogP contribution in [0.2, 0.25) is 0 Å². The van der Waals surface area contributed by atoms with Crippen LogP contribution in [0.15, 0.2) is 69.9 Å². The number of carbonyl (C=O) groups is 1. The lowest BCUT2D eigenvalue weighted by Crippen LogP contribution is -2.13. The fourth-order valence-corrected chi connectivity index (χ4v) is 2.61. The molecule has 0 aliphatic heterocycles. The van der Waals surface area contributed by atoms with Gasteiger partial charge in [-0.05, 0) is 24.3 Å². The van der Waals surface area contributed by atoms with E-state index in [2.05, 4.69) is 20.3 Å². The number of fused-ring (bicyclic) bond motifs is 1. The Labute approximate surface area is 164 Å². The summed E-state index contributed by atoms with van der Waals surface area (Å²) in [6.45, 7) is -0.272.